The zero-order valence-corrected chi connectivity index (χ0v) is 19.5. The lowest BCUT2D eigenvalue weighted by atomic mass is 9.95. The van der Waals surface area contributed by atoms with Gasteiger partial charge in [0.1, 0.15) is 0 Å². The summed E-state index contributed by atoms with van der Waals surface area (Å²) in [7, 11) is 1.36. The Hall–Kier alpha value is -3.59. The number of carbonyl (C=O) groups is 2. The number of nitrogens with zero attached hydrogens (tertiary/aromatic N) is 3. The third-order valence-electron chi connectivity index (χ3n) is 5.81. The minimum absolute atomic E-state index is 0.0725. The lowest BCUT2D eigenvalue weighted by Gasteiger charge is -2.36. The predicted octanol–water partition coefficient (Wildman–Crippen LogP) is 4.11. The van der Waals surface area contributed by atoms with E-state index in [1.165, 1.54) is 18.9 Å². The Kier molecular flexibility index (Phi) is 6.35. The van der Waals surface area contributed by atoms with Gasteiger partial charge in [-0.3, -0.25) is 4.90 Å². The number of ether oxygens (including phenoxy) is 1. The molecular weight excluding hydrogens is 452 g/mol. The molecule has 0 bridgehead atoms. The van der Waals surface area contributed by atoms with Gasteiger partial charge >= 0.3 is 12.0 Å². The Labute approximate surface area is 201 Å². The third-order valence-corrected chi connectivity index (χ3v) is 6.64. The molecule has 1 N–H and O–H groups in total. The molecule has 174 valence electrons. The molecule has 1 aliphatic heterocycles. The van der Waals surface area contributed by atoms with E-state index < -0.39 is 12.0 Å². The Morgan fingerprint density at radius 2 is 1.82 bits per heavy atom. The van der Waals surface area contributed by atoms with Crippen molar-refractivity contribution in [3.8, 4) is 0 Å². The molecule has 8 nitrogen and oxygen atoms in total. The maximum Gasteiger partial charge on any atom is 0.338 e. The number of carbonyl (C=O) groups excluding carboxylic acids is 2. The number of amides is 2. The number of thioether (sulfide) groups is 1. The van der Waals surface area contributed by atoms with Gasteiger partial charge in [0.15, 0.2) is 0 Å². The normalized spacial score (nSPS) is 18.1. The summed E-state index contributed by atoms with van der Waals surface area (Å²) in [6, 6.07) is 18.6. The van der Waals surface area contributed by atoms with Gasteiger partial charge in [-0.05, 0) is 24.0 Å². The molecule has 1 unspecified atom stereocenters. The SMILES string of the molecule is COC(=O)C1=C(CSc2nnc(Cc3ccccc3)o2)N(C2CC2)C(=O)NC1c1ccccc1. The van der Waals surface area contributed by atoms with Crippen molar-refractivity contribution in [2.75, 3.05) is 12.9 Å². The van der Waals surface area contributed by atoms with Gasteiger partial charge in [0.2, 0.25) is 5.89 Å². The fourth-order valence-electron chi connectivity index (χ4n) is 4.06. The largest absolute Gasteiger partial charge is 0.466 e. The fraction of sp³-hybridized carbons (Fsp3) is 0.280. The Balaban J connectivity index is 1.44. The first-order valence-electron chi connectivity index (χ1n) is 11.1. The predicted molar refractivity (Wildman–Crippen MR) is 126 cm³/mol. The summed E-state index contributed by atoms with van der Waals surface area (Å²) in [5, 5.41) is 11.7. The summed E-state index contributed by atoms with van der Waals surface area (Å²) in [6.07, 6.45) is 2.33. The van der Waals surface area contributed by atoms with Crippen LogP contribution in [0.3, 0.4) is 0 Å². The summed E-state index contributed by atoms with van der Waals surface area (Å²) in [4.78, 5) is 27.8. The molecular formula is C25H24N4O4S. The molecule has 1 aliphatic carbocycles. The van der Waals surface area contributed by atoms with Gasteiger partial charge in [-0.1, -0.05) is 72.4 Å². The van der Waals surface area contributed by atoms with Crippen LogP contribution < -0.4 is 5.32 Å². The Bertz CT molecular complexity index is 1210. The van der Waals surface area contributed by atoms with E-state index >= 15 is 0 Å². The van der Waals surface area contributed by atoms with E-state index in [1.807, 2.05) is 60.7 Å². The lowest BCUT2D eigenvalue weighted by molar-refractivity contribution is -0.136. The van der Waals surface area contributed by atoms with E-state index in [0.29, 0.717) is 34.6 Å². The standard InChI is InChI=1S/C25H24N4O4S/c1-32-23(30)21-19(15-34-25-28-27-20(33-25)14-16-8-4-2-5-9-16)29(18-12-13-18)24(31)26-22(21)17-10-6-3-7-11-17/h2-11,18,22H,12-15H2,1H3,(H,26,31). The van der Waals surface area contributed by atoms with Crippen molar-refractivity contribution >= 4 is 23.8 Å². The van der Waals surface area contributed by atoms with E-state index in [2.05, 4.69) is 15.5 Å². The van der Waals surface area contributed by atoms with Gasteiger partial charge in [0, 0.05) is 17.5 Å². The first-order chi connectivity index (χ1) is 16.6. The van der Waals surface area contributed by atoms with Crippen molar-refractivity contribution in [1.29, 1.82) is 0 Å². The molecule has 1 fully saturated rings. The molecule has 2 amide bonds. The molecule has 2 aromatic carbocycles. The van der Waals surface area contributed by atoms with Crippen molar-refractivity contribution in [1.82, 2.24) is 20.4 Å². The van der Waals surface area contributed by atoms with Crippen LogP contribution in [0.1, 0.15) is 35.9 Å². The molecule has 0 radical (unpaired) electrons. The number of esters is 1. The molecule has 1 saturated carbocycles. The fourth-order valence-corrected chi connectivity index (χ4v) is 4.87. The average molecular weight is 477 g/mol. The van der Waals surface area contributed by atoms with Crippen LogP contribution in [0, 0.1) is 0 Å². The first kappa shape index (κ1) is 22.2. The van der Waals surface area contributed by atoms with Gasteiger partial charge in [0.25, 0.3) is 5.22 Å². The number of hydrogen-bond donors (Lipinski definition) is 1. The third kappa shape index (κ3) is 4.70. The van der Waals surface area contributed by atoms with Crippen molar-refractivity contribution in [3.63, 3.8) is 0 Å². The zero-order valence-electron chi connectivity index (χ0n) is 18.6. The monoisotopic (exact) mass is 476 g/mol. The second-order valence-corrected chi connectivity index (χ2v) is 9.09. The number of urea groups is 1. The maximum atomic E-state index is 13.1. The van der Waals surface area contributed by atoms with E-state index in [1.54, 1.807) is 4.90 Å². The van der Waals surface area contributed by atoms with Gasteiger partial charge in [0.05, 0.1) is 25.1 Å². The second-order valence-electron chi connectivity index (χ2n) is 8.16. The van der Waals surface area contributed by atoms with E-state index in [-0.39, 0.29) is 12.1 Å². The highest BCUT2D eigenvalue weighted by atomic mass is 32.2. The van der Waals surface area contributed by atoms with Crippen LogP contribution in [0.4, 0.5) is 4.79 Å². The maximum absolute atomic E-state index is 13.1. The smallest absolute Gasteiger partial charge is 0.338 e. The summed E-state index contributed by atoms with van der Waals surface area (Å²) in [5.74, 6) is 0.369. The number of nitrogens with one attached hydrogen (secondary N) is 1. The molecule has 0 saturated heterocycles. The van der Waals surface area contributed by atoms with Crippen LogP contribution >= 0.6 is 11.8 Å². The first-order valence-corrected chi connectivity index (χ1v) is 12.1. The second kappa shape index (κ2) is 9.72. The Morgan fingerprint density at radius 1 is 1.12 bits per heavy atom. The molecule has 2 heterocycles. The number of methoxy groups -OCH3 is 1. The average Bonchev–Trinajstić information content (AvgIpc) is 3.61. The molecule has 1 aromatic heterocycles. The number of rotatable bonds is 8. The summed E-state index contributed by atoms with van der Waals surface area (Å²) in [5.41, 5.74) is 2.95. The van der Waals surface area contributed by atoms with Crippen LogP contribution in [-0.2, 0) is 16.0 Å². The molecule has 34 heavy (non-hydrogen) atoms. The van der Waals surface area contributed by atoms with Crippen molar-refractivity contribution in [3.05, 3.63) is 89.0 Å². The van der Waals surface area contributed by atoms with Crippen molar-refractivity contribution < 1.29 is 18.7 Å². The van der Waals surface area contributed by atoms with E-state index in [9.17, 15) is 9.59 Å². The van der Waals surface area contributed by atoms with Crippen LogP contribution in [0.15, 0.2) is 81.6 Å². The number of aromatic nitrogens is 2. The van der Waals surface area contributed by atoms with Crippen LogP contribution in [0.2, 0.25) is 0 Å². The minimum Gasteiger partial charge on any atom is -0.466 e. The number of hydrogen-bond acceptors (Lipinski definition) is 7. The van der Waals surface area contributed by atoms with Gasteiger partial charge < -0.3 is 14.5 Å². The number of benzene rings is 2. The van der Waals surface area contributed by atoms with Gasteiger partial charge in [-0.2, -0.15) is 0 Å². The molecule has 5 rings (SSSR count). The van der Waals surface area contributed by atoms with E-state index in [4.69, 9.17) is 9.15 Å². The molecule has 9 heteroatoms. The highest BCUT2D eigenvalue weighted by molar-refractivity contribution is 7.99. The Morgan fingerprint density at radius 3 is 2.50 bits per heavy atom. The molecule has 0 spiro atoms. The zero-order chi connectivity index (χ0) is 23.5. The van der Waals surface area contributed by atoms with Gasteiger partial charge in [-0.15, -0.1) is 10.2 Å². The summed E-state index contributed by atoms with van der Waals surface area (Å²) in [6.45, 7) is 0. The van der Waals surface area contributed by atoms with Gasteiger partial charge in [-0.25, -0.2) is 9.59 Å². The highest BCUT2D eigenvalue weighted by Crippen LogP contribution is 2.40. The highest BCUT2D eigenvalue weighted by Gasteiger charge is 2.44. The summed E-state index contributed by atoms with van der Waals surface area (Å²) < 4.78 is 11.0. The molecule has 2 aliphatic rings. The van der Waals surface area contributed by atoms with Crippen LogP contribution in [0.5, 0.6) is 0 Å². The summed E-state index contributed by atoms with van der Waals surface area (Å²) >= 11 is 1.31. The topological polar surface area (TPSA) is 97.6 Å². The molecule has 3 aromatic rings. The minimum atomic E-state index is -0.594. The molecule has 1 atom stereocenters. The lowest BCUT2D eigenvalue weighted by Crippen LogP contribution is -2.50. The van der Waals surface area contributed by atoms with Crippen LogP contribution in [-0.4, -0.2) is 46.0 Å². The quantitative estimate of drug-likeness (QED) is 0.386. The van der Waals surface area contributed by atoms with Crippen molar-refractivity contribution in [2.24, 2.45) is 0 Å². The van der Waals surface area contributed by atoms with Crippen molar-refractivity contribution in [2.45, 2.75) is 36.6 Å². The van der Waals surface area contributed by atoms with E-state index in [0.717, 1.165) is 24.0 Å². The van der Waals surface area contributed by atoms with Crippen LogP contribution in [0.25, 0.3) is 0 Å².